The number of rotatable bonds is 7. The summed E-state index contributed by atoms with van der Waals surface area (Å²) in [7, 11) is 9.20. The van der Waals surface area contributed by atoms with E-state index in [9.17, 15) is 0 Å². The first-order chi connectivity index (χ1) is 7.36. The zero-order valence-electron chi connectivity index (χ0n) is 11.1. The average Bonchev–Trinajstić information content (AvgIpc) is 2.98. The Labute approximate surface area is 98.9 Å². The van der Waals surface area contributed by atoms with Crippen LogP contribution < -0.4 is 0 Å². The van der Waals surface area contributed by atoms with E-state index in [-0.39, 0.29) is 0 Å². The van der Waals surface area contributed by atoms with Crippen LogP contribution in [-0.2, 0) is 9.47 Å². The highest BCUT2D eigenvalue weighted by molar-refractivity contribution is 4.68. The Morgan fingerprint density at radius 3 is 1.38 bits per heavy atom. The van der Waals surface area contributed by atoms with E-state index in [1.165, 1.54) is 13.1 Å². The van der Waals surface area contributed by atoms with E-state index in [0.29, 0.717) is 12.2 Å². The highest BCUT2D eigenvalue weighted by Gasteiger charge is 2.35. The van der Waals surface area contributed by atoms with Crippen LogP contribution in [0.5, 0.6) is 0 Å². The topological polar surface area (TPSA) is 25.1 Å². The Morgan fingerprint density at radius 1 is 0.812 bits per heavy atom. The lowest BCUT2D eigenvalue weighted by atomic mass is 10.3. The molecule has 2 fully saturated rings. The fraction of sp³-hybridized carbons (Fsp3) is 1.00. The lowest BCUT2D eigenvalue weighted by Gasteiger charge is -2.35. The van der Waals surface area contributed by atoms with Gasteiger partial charge in [0.1, 0.15) is 38.4 Å². The Kier molecular flexibility index (Phi) is 3.27. The predicted molar refractivity (Wildman–Crippen MR) is 63.2 cm³/mol. The summed E-state index contributed by atoms with van der Waals surface area (Å²) in [5.41, 5.74) is 0. The molecule has 2 unspecified atom stereocenters. The molecule has 2 heterocycles. The minimum atomic E-state index is 0.525. The highest BCUT2D eigenvalue weighted by Crippen LogP contribution is 2.16. The van der Waals surface area contributed by atoms with Crippen LogP contribution in [0.25, 0.3) is 0 Å². The second kappa shape index (κ2) is 4.26. The Bertz CT molecular complexity index is 219. The summed E-state index contributed by atoms with van der Waals surface area (Å²) in [5, 5.41) is 0. The molecule has 0 amide bonds. The molecule has 16 heavy (non-hydrogen) atoms. The van der Waals surface area contributed by atoms with E-state index >= 15 is 0 Å². The van der Waals surface area contributed by atoms with E-state index in [0.717, 1.165) is 35.3 Å². The molecule has 0 N–H and O–H groups in total. The molecule has 0 aliphatic carbocycles. The Morgan fingerprint density at radius 2 is 1.12 bits per heavy atom. The molecular weight excluding hydrogens is 204 g/mol. The van der Waals surface area contributed by atoms with Crippen LogP contribution in [0.4, 0.5) is 0 Å². The van der Waals surface area contributed by atoms with Crippen molar-refractivity contribution in [2.75, 3.05) is 67.6 Å². The Hall–Kier alpha value is -0.160. The maximum atomic E-state index is 5.31. The molecule has 94 valence electrons. The number of likely N-dealkylation sites (N-methyl/N-ethyl adjacent to an activating group) is 2. The van der Waals surface area contributed by atoms with E-state index < -0.39 is 0 Å². The van der Waals surface area contributed by atoms with Crippen LogP contribution in [0, 0.1) is 0 Å². The molecule has 0 spiro atoms. The van der Waals surface area contributed by atoms with E-state index in [1.807, 2.05) is 0 Å². The summed E-state index contributed by atoms with van der Waals surface area (Å²) in [6.07, 6.45) is 1.05. The zero-order valence-corrected chi connectivity index (χ0v) is 11.1. The Balaban J connectivity index is 1.70. The lowest BCUT2D eigenvalue weighted by Crippen LogP contribution is -2.53. The van der Waals surface area contributed by atoms with Crippen LogP contribution in [-0.4, -0.2) is 88.8 Å². The van der Waals surface area contributed by atoms with Crippen LogP contribution in [0.15, 0.2) is 0 Å². The van der Waals surface area contributed by atoms with Crippen molar-refractivity contribution in [3.8, 4) is 0 Å². The molecule has 0 bridgehead atoms. The van der Waals surface area contributed by atoms with Crippen LogP contribution in [0.3, 0.4) is 0 Å². The fourth-order valence-corrected chi connectivity index (χ4v) is 2.17. The first-order valence-electron chi connectivity index (χ1n) is 6.24. The monoisotopic (exact) mass is 230 g/mol. The average molecular weight is 230 g/mol. The molecule has 0 aromatic rings. The number of hydrogen-bond acceptors (Lipinski definition) is 2. The maximum Gasteiger partial charge on any atom is 0.130 e. The van der Waals surface area contributed by atoms with Gasteiger partial charge in [-0.3, -0.25) is 0 Å². The summed E-state index contributed by atoms with van der Waals surface area (Å²) < 4.78 is 12.8. The van der Waals surface area contributed by atoms with Gasteiger partial charge in [0.15, 0.2) is 0 Å². The SMILES string of the molecule is C[N+](C)(CC[N+](C)(C)CC1CO1)CC1CO1. The van der Waals surface area contributed by atoms with Gasteiger partial charge in [0, 0.05) is 0 Å². The van der Waals surface area contributed by atoms with Crippen molar-refractivity contribution in [1.29, 1.82) is 0 Å². The number of ether oxygens (including phenoxy) is 2. The van der Waals surface area contributed by atoms with Crippen LogP contribution in [0.2, 0.25) is 0 Å². The van der Waals surface area contributed by atoms with Gasteiger partial charge in [-0.25, -0.2) is 0 Å². The summed E-state index contributed by atoms with van der Waals surface area (Å²) >= 11 is 0. The number of epoxide rings is 2. The summed E-state index contributed by atoms with van der Waals surface area (Å²) in [6, 6.07) is 0. The first-order valence-corrected chi connectivity index (χ1v) is 6.24. The van der Waals surface area contributed by atoms with Gasteiger partial charge in [0.2, 0.25) is 0 Å². The van der Waals surface area contributed by atoms with Gasteiger partial charge >= 0.3 is 0 Å². The third-order valence-electron chi connectivity index (χ3n) is 3.51. The summed E-state index contributed by atoms with van der Waals surface area (Å²) in [5.74, 6) is 0. The van der Waals surface area contributed by atoms with E-state index in [1.54, 1.807) is 0 Å². The summed E-state index contributed by atoms with van der Waals surface area (Å²) in [6.45, 7) is 6.66. The molecule has 4 heteroatoms. The molecule has 2 aliphatic rings. The van der Waals surface area contributed by atoms with Crippen molar-refractivity contribution in [3.63, 3.8) is 0 Å². The van der Waals surface area contributed by atoms with Gasteiger partial charge in [-0.05, 0) is 0 Å². The molecular formula is C12H26N2O2+2. The van der Waals surface area contributed by atoms with Gasteiger partial charge in [-0.1, -0.05) is 0 Å². The predicted octanol–water partition coefficient (Wildman–Crippen LogP) is -0.0632. The molecule has 2 saturated heterocycles. The summed E-state index contributed by atoms with van der Waals surface area (Å²) in [4.78, 5) is 0. The van der Waals surface area contributed by atoms with Crippen LogP contribution in [0.1, 0.15) is 0 Å². The normalized spacial score (nSPS) is 29.2. The lowest BCUT2D eigenvalue weighted by molar-refractivity contribution is -0.946. The second-order valence-electron chi connectivity index (χ2n) is 6.59. The van der Waals surface area contributed by atoms with Gasteiger partial charge in [-0.2, -0.15) is 0 Å². The third kappa shape index (κ3) is 4.37. The minimum absolute atomic E-state index is 0.525. The standard InChI is InChI=1S/C12H26N2O2/c1-13(2,7-11-9-15-11)5-6-14(3,4)8-12-10-16-12/h11-12H,5-10H2,1-4H3/q+2. The molecule has 2 rings (SSSR count). The second-order valence-corrected chi connectivity index (χ2v) is 6.59. The number of hydrogen-bond donors (Lipinski definition) is 0. The molecule has 2 aliphatic heterocycles. The van der Waals surface area contributed by atoms with Gasteiger partial charge in [-0.15, -0.1) is 0 Å². The minimum Gasteiger partial charge on any atom is -0.367 e. The largest absolute Gasteiger partial charge is 0.367 e. The van der Waals surface area contributed by atoms with Gasteiger partial charge < -0.3 is 18.4 Å². The quantitative estimate of drug-likeness (QED) is 0.452. The van der Waals surface area contributed by atoms with E-state index in [2.05, 4.69) is 28.2 Å². The highest BCUT2D eigenvalue weighted by atomic mass is 16.6. The molecule has 0 aromatic carbocycles. The molecule has 4 nitrogen and oxygen atoms in total. The smallest absolute Gasteiger partial charge is 0.130 e. The van der Waals surface area contributed by atoms with Crippen molar-refractivity contribution in [1.82, 2.24) is 0 Å². The van der Waals surface area contributed by atoms with Crippen molar-refractivity contribution >= 4 is 0 Å². The van der Waals surface area contributed by atoms with Crippen molar-refractivity contribution < 1.29 is 18.4 Å². The molecule has 0 radical (unpaired) electrons. The van der Waals surface area contributed by atoms with Crippen LogP contribution >= 0.6 is 0 Å². The van der Waals surface area contributed by atoms with Crippen molar-refractivity contribution in [3.05, 3.63) is 0 Å². The zero-order chi connectivity index (χ0) is 11.8. The van der Waals surface area contributed by atoms with E-state index in [4.69, 9.17) is 9.47 Å². The van der Waals surface area contributed by atoms with Gasteiger partial charge in [0.05, 0.1) is 41.4 Å². The molecule has 2 atom stereocenters. The molecule has 0 aromatic heterocycles. The van der Waals surface area contributed by atoms with Gasteiger partial charge in [0.25, 0.3) is 0 Å². The van der Waals surface area contributed by atoms with Crippen molar-refractivity contribution in [2.24, 2.45) is 0 Å². The number of quaternary nitrogens is 2. The third-order valence-corrected chi connectivity index (χ3v) is 3.51. The first kappa shape index (κ1) is 12.3. The maximum absolute atomic E-state index is 5.31. The number of nitrogens with zero attached hydrogens (tertiary/aromatic N) is 2. The van der Waals surface area contributed by atoms with Crippen molar-refractivity contribution in [2.45, 2.75) is 12.2 Å². The fourth-order valence-electron chi connectivity index (χ4n) is 2.17. The molecule has 0 saturated carbocycles.